The maximum absolute atomic E-state index is 13.4. The van der Waals surface area contributed by atoms with Gasteiger partial charge in [0.05, 0.1) is 33.0 Å². The van der Waals surface area contributed by atoms with Crippen LogP contribution in [0.5, 0.6) is 17.2 Å². The number of carbonyl (C=O) groups excluding carboxylic acids is 3. The second kappa shape index (κ2) is 16.4. The normalized spacial score (nSPS) is 13.5. The van der Waals surface area contributed by atoms with Gasteiger partial charge in [-0.25, -0.2) is 0 Å². The lowest BCUT2D eigenvalue weighted by Gasteiger charge is -2.17. The smallest absolute Gasteiger partial charge is 0.314 e. The average molecular weight is 610 g/mol. The highest BCUT2D eigenvalue weighted by atomic mass is 32.2. The Labute approximate surface area is 257 Å². The summed E-state index contributed by atoms with van der Waals surface area (Å²) in [5.74, 6) is -0.293. The Morgan fingerprint density at radius 3 is 1.64 bits per heavy atom. The minimum atomic E-state index is -0.434. The van der Waals surface area contributed by atoms with Gasteiger partial charge in [0, 0.05) is 5.56 Å². The molecule has 2 aromatic rings. The minimum absolute atomic E-state index is 0.0373. The van der Waals surface area contributed by atoms with E-state index in [1.807, 2.05) is 13.8 Å². The highest BCUT2D eigenvalue weighted by Crippen LogP contribution is 2.59. The average Bonchev–Trinajstić information content (AvgIpc) is 3.45. The summed E-state index contributed by atoms with van der Waals surface area (Å²) in [5.41, 5.74) is 0.309. The fourth-order valence-corrected chi connectivity index (χ4v) is 7.10. The van der Waals surface area contributed by atoms with Gasteiger partial charge in [0.1, 0.15) is 28.9 Å². The van der Waals surface area contributed by atoms with Crippen molar-refractivity contribution in [3.63, 3.8) is 0 Å². The van der Waals surface area contributed by atoms with Gasteiger partial charge >= 0.3 is 11.9 Å². The molecule has 0 aliphatic carbocycles. The number of rotatable bonds is 15. The zero-order valence-corrected chi connectivity index (χ0v) is 26.6. The first-order chi connectivity index (χ1) is 20.3. The van der Waals surface area contributed by atoms with E-state index < -0.39 is 5.78 Å². The molecular weight excluding hydrogens is 570 g/mol. The van der Waals surface area contributed by atoms with Crippen LogP contribution in [0.4, 0.5) is 0 Å². The van der Waals surface area contributed by atoms with Gasteiger partial charge in [0.15, 0.2) is 0 Å². The van der Waals surface area contributed by atoms with E-state index in [9.17, 15) is 19.6 Å². The quantitative estimate of drug-likeness (QED) is 0.0644. The second-order valence-electron chi connectivity index (χ2n) is 10.1. The number of nitrogens with zero attached hydrogens (tertiary/aromatic N) is 1. The number of Topliss-reactive ketones (excluding diaryl/α,β-unsaturated/α-hetero) is 1. The van der Waals surface area contributed by atoms with Crippen LogP contribution in [-0.2, 0) is 9.59 Å². The number of methoxy groups -OCH3 is 1. The summed E-state index contributed by atoms with van der Waals surface area (Å²) in [4.78, 5) is 40.7. The number of hydrogen-bond acceptors (Lipinski definition) is 9. The zero-order valence-electron chi connectivity index (χ0n) is 25.0. The van der Waals surface area contributed by atoms with Crippen molar-refractivity contribution in [2.75, 3.05) is 7.11 Å². The van der Waals surface area contributed by atoms with Crippen LogP contribution < -0.4 is 14.2 Å². The molecule has 1 aliphatic rings. The monoisotopic (exact) mass is 609 g/mol. The number of nitriles is 1. The molecule has 1 aliphatic heterocycles. The molecule has 3 rings (SSSR count). The fourth-order valence-electron chi connectivity index (χ4n) is 4.53. The molecule has 0 saturated heterocycles. The lowest BCUT2D eigenvalue weighted by Crippen LogP contribution is -2.21. The van der Waals surface area contributed by atoms with E-state index in [1.54, 1.807) is 36.4 Å². The van der Waals surface area contributed by atoms with Gasteiger partial charge < -0.3 is 14.2 Å². The van der Waals surface area contributed by atoms with Gasteiger partial charge in [0.25, 0.3) is 0 Å². The van der Waals surface area contributed by atoms with Crippen LogP contribution in [0, 0.1) is 23.2 Å². The molecule has 9 heteroatoms. The Morgan fingerprint density at radius 2 is 1.26 bits per heavy atom. The largest absolute Gasteiger partial charge is 0.497 e. The van der Waals surface area contributed by atoms with Gasteiger partial charge in [-0.2, -0.15) is 5.26 Å². The Morgan fingerprint density at radius 1 is 0.786 bits per heavy atom. The summed E-state index contributed by atoms with van der Waals surface area (Å²) in [6.45, 7) is 8.09. The molecule has 2 unspecified atom stereocenters. The van der Waals surface area contributed by atoms with E-state index in [1.165, 1.54) is 30.6 Å². The molecule has 0 spiro atoms. The third-order valence-corrected chi connectivity index (χ3v) is 9.84. The minimum Gasteiger partial charge on any atom is -0.497 e. The number of benzene rings is 2. The van der Waals surface area contributed by atoms with E-state index in [0.29, 0.717) is 49.7 Å². The number of carbonyl (C=O) groups is 3. The summed E-state index contributed by atoms with van der Waals surface area (Å²) < 4.78 is 17.4. The van der Waals surface area contributed by atoms with Gasteiger partial charge in [-0.05, 0) is 62.1 Å². The van der Waals surface area contributed by atoms with Crippen molar-refractivity contribution < 1.29 is 28.6 Å². The number of ketones is 1. The van der Waals surface area contributed by atoms with Gasteiger partial charge in [-0.15, -0.1) is 0 Å². The summed E-state index contributed by atoms with van der Waals surface area (Å²) in [7, 11) is 1.54. The van der Waals surface area contributed by atoms with E-state index >= 15 is 0 Å². The molecule has 0 N–H and O–H groups in total. The SMILES string of the molecule is CCCCC(CC)C(=O)Oc1ccc(OC(=O)C(CC)CCCC)c2c1SC(=C(C#N)C(=O)c1ccc(OC)cc1)S2. The van der Waals surface area contributed by atoms with Crippen molar-refractivity contribution in [1.82, 2.24) is 0 Å². The number of thioether (sulfide) groups is 2. The first kappa shape index (κ1) is 33.3. The van der Waals surface area contributed by atoms with Crippen molar-refractivity contribution in [1.29, 1.82) is 5.26 Å². The summed E-state index contributed by atoms with van der Waals surface area (Å²) in [6, 6.07) is 11.9. The summed E-state index contributed by atoms with van der Waals surface area (Å²) >= 11 is 2.36. The molecule has 42 heavy (non-hydrogen) atoms. The molecule has 7 nitrogen and oxygen atoms in total. The molecule has 224 valence electrons. The Balaban J connectivity index is 2.00. The van der Waals surface area contributed by atoms with Crippen LogP contribution >= 0.6 is 23.5 Å². The van der Waals surface area contributed by atoms with Gasteiger partial charge in [0.2, 0.25) is 5.78 Å². The van der Waals surface area contributed by atoms with E-state index in [4.69, 9.17) is 14.2 Å². The highest BCUT2D eigenvalue weighted by Gasteiger charge is 2.33. The van der Waals surface area contributed by atoms with Crippen LogP contribution in [0.2, 0.25) is 0 Å². The van der Waals surface area contributed by atoms with Crippen molar-refractivity contribution in [3.8, 4) is 23.3 Å². The zero-order chi connectivity index (χ0) is 30.6. The van der Waals surface area contributed by atoms with Crippen molar-refractivity contribution in [2.24, 2.45) is 11.8 Å². The number of hydrogen-bond donors (Lipinski definition) is 0. The van der Waals surface area contributed by atoms with Gasteiger partial charge in [-0.3, -0.25) is 14.4 Å². The molecule has 0 amide bonds. The number of fused-ring (bicyclic) bond motifs is 1. The topological polar surface area (TPSA) is 103 Å². The Bertz CT molecular complexity index is 1280. The molecule has 0 saturated carbocycles. The van der Waals surface area contributed by atoms with E-state index in [-0.39, 0.29) is 29.3 Å². The highest BCUT2D eigenvalue weighted by molar-refractivity contribution is 8.24. The molecule has 0 radical (unpaired) electrons. The van der Waals surface area contributed by atoms with Crippen molar-refractivity contribution >= 4 is 41.2 Å². The number of ether oxygens (including phenoxy) is 3. The molecule has 0 bridgehead atoms. The lowest BCUT2D eigenvalue weighted by molar-refractivity contribution is -0.140. The second-order valence-corrected chi connectivity index (χ2v) is 12.4. The predicted molar refractivity (Wildman–Crippen MR) is 166 cm³/mol. The van der Waals surface area contributed by atoms with Crippen LogP contribution in [0.15, 0.2) is 56.0 Å². The molecule has 1 heterocycles. The summed E-state index contributed by atoms with van der Waals surface area (Å²) in [5, 5.41) is 10.1. The Hall–Kier alpha value is -3.22. The standard InChI is InChI=1S/C33H39NO6S2/c1-6-10-12-21(8-3)31(36)39-26-18-19-27(40-32(37)22(9-4)13-11-7-2)30-29(26)41-33(42-30)25(20-34)28(35)23-14-16-24(38-5)17-15-23/h14-19,21-22H,6-13H2,1-5H3. The molecule has 0 fully saturated rings. The molecular formula is C33H39NO6S2. The molecule has 0 aromatic heterocycles. The van der Waals surface area contributed by atoms with E-state index in [2.05, 4.69) is 19.9 Å². The Kier molecular flexibility index (Phi) is 13.0. The number of unbranched alkanes of at least 4 members (excludes halogenated alkanes) is 2. The fraction of sp³-hybridized carbons (Fsp3) is 0.455. The van der Waals surface area contributed by atoms with Gasteiger partial charge in [-0.1, -0.05) is 76.9 Å². The molecule has 2 aromatic carbocycles. The molecule has 2 atom stereocenters. The van der Waals surface area contributed by atoms with Crippen molar-refractivity contribution in [3.05, 3.63) is 51.8 Å². The third-order valence-electron chi connectivity index (χ3n) is 7.21. The maximum atomic E-state index is 13.4. The van der Waals surface area contributed by atoms with E-state index in [0.717, 1.165) is 38.5 Å². The first-order valence-electron chi connectivity index (χ1n) is 14.6. The van der Waals surface area contributed by atoms with Crippen LogP contribution in [0.1, 0.15) is 89.4 Å². The van der Waals surface area contributed by atoms with Crippen LogP contribution in [-0.4, -0.2) is 24.8 Å². The number of allylic oxidation sites excluding steroid dienone is 1. The maximum Gasteiger partial charge on any atom is 0.314 e. The lowest BCUT2D eigenvalue weighted by atomic mass is 10.00. The number of esters is 2. The predicted octanol–water partition coefficient (Wildman–Crippen LogP) is 8.75. The summed E-state index contributed by atoms with van der Waals surface area (Å²) in [6.07, 6.45) is 6.61. The van der Waals surface area contributed by atoms with Crippen molar-refractivity contribution in [2.45, 2.75) is 88.9 Å². The van der Waals surface area contributed by atoms with Crippen LogP contribution in [0.25, 0.3) is 0 Å². The third kappa shape index (κ3) is 8.20. The first-order valence-corrected chi connectivity index (χ1v) is 16.2. The van der Waals surface area contributed by atoms with Crippen LogP contribution in [0.3, 0.4) is 0 Å².